The Morgan fingerprint density at radius 2 is 2.16 bits per heavy atom. The molecule has 0 saturated heterocycles. The minimum absolute atomic E-state index is 0.0203. The van der Waals surface area contributed by atoms with Crippen molar-refractivity contribution in [3.63, 3.8) is 0 Å². The average molecular weight is 295 g/mol. The number of nitrogens with two attached hydrogens (primary N) is 1. The second-order valence-corrected chi connectivity index (χ2v) is 6.77. The lowest BCUT2D eigenvalue weighted by Gasteiger charge is -1.99. The van der Waals surface area contributed by atoms with Crippen LogP contribution in [0.2, 0.25) is 0 Å². The van der Waals surface area contributed by atoms with Gasteiger partial charge in [-0.3, -0.25) is 4.79 Å². The molecule has 0 radical (unpaired) electrons. The summed E-state index contributed by atoms with van der Waals surface area (Å²) in [6.45, 7) is 4.63. The van der Waals surface area contributed by atoms with E-state index in [2.05, 4.69) is 29.4 Å². The molecule has 0 aliphatic carbocycles. The first-order valence-electron chi connectivity index (χ1n) is 6.14. The summed E-state index contributed by atoms with van der Waals surface area (Å²) in [7, 11) is 0. The van der Waals surface area contributed by atoms with Crippen molar-refractivity contribution in [2.75, 3.05) is 11.9 Å². The normalized spacial score (nSPS) is 10.7. The van der Waals surface area contributed by atoms with E-state index in [1.165, 1.54) is 16.2 Å². The number of aryl methyl sites for hydroxylation is 2. The molecule has 0 saturated carbocycles. The predicted molar refractivity (Wildman–Crippen MR) is 81.8 cm³/mol. The summed E-state index contributed by atoms with van der Waals surface area (Å²) in [5.74, 6) is -0.0203. The summed E-state index contributed by atoms with van der Waals surface area (Å²) in [5, 5.41) is 3.50. The van der Waals surface area contributed by atoms with Gasteiger partial charge in [-0.2, -0.15) is 0 Å². The lowest BCUT2D eigenvalue weighted by Crippen LogP contribution is -2.13. The maximum Gasteiger partial charge on any atom is 0.226 e. The Kier molecular flexibility index (Phi) is 4.68. The first kappa shape index (κ1) is 14.2. The number of thiazole rings is 1. The van der Waals surface area contributed by atoms with E-state index in [0.29, 0.717) is 24.5 Å². The zero-order valence-corrected chi connectivity index (χ0v) is 12.7. The average Bonchev–Trinajstić information content (AvgIpc) is 2.93. The molecule has 0 aliphatic heterocycles. The third-order valence-corrected chi connectivity index (χ3v) is 4.52. The fraction of sp³-hybridized carbons (Fsp3) is 0.385. The van der Waals surface area contributed by atoms with Gasteiger partial charge < -0.3 is 11.1 Å². The predicted octanol–water partition coefficient (Wildman–Crippen LogP) is 3.17. The van der Waals surface area contributed by atoms with Gasteiger partial charge in [-0.25, -0.2) is 4.98 Å². The molecule has 0 atom stereocenters. The maximum atomic E-state index is 11.6. The highest BCUT2D eigenvalue weighted by molar-refractivity contribution is 7.18. The van der Waals surface area contributed by atoms with Crippen LogP contribution in [-0.4, -0.2) is 17.4 Å². The number of hydrogen-bond acceptors (Lipinski definition) is 5. The molecule has 102 valence electrons. The smallest absolute Gasteiger partial charge is 0.226 e. The molecule has 0 spiro atoms. The third-order valence-electron chi connectivity index (χ3n) is 2.62. The Labute approximate surface area is 120 Å². The van der Waals surface area contributed by atoms with Gasteiger partial charge in [0.05, 0.1) is 10.6 Å². The second-order valence-electron chi connectivity index (χ2n) is 4.27. The van der Waals surface area contributed by atoms with Crippen LogP contribution in [0.3, 0.4) is 0 Å². The largest absolute Gasteiger partial charge is 0.330 e. The Hall–Kier alpha value is -1.24. The molecule has 4 nitrogen and oxygen atoms in total. The molecule has 0 unspecified atom stereocenters. The van der Waals surface area contributed by atoms with Gasteiger partial charge in [0.25, 0.3) is 0 Å². The molecule has 3 N–H and O–H groups in total. The molecule has 6 heteroatoms. The molecule has 0 fully saturated rings. The molecule has 1 amide bonds. The van der Waals surface area contributed by atoms with Crippen LogP contribution < -0.4 is 11.1 Å². The molecule has 2 rings (SSSR count). The zero-order chi connectivity index (χ0) is 13.8. The third kappa shape index (κ3) is 3.62. The highest BCUT2D eigenvalue weighted by Crippen LogP contribution is 2.34. The highest BCUT2D eigenvalue weighted by atomic mass is 32.1. The van der Waals surface area contributed by atoms with Crippen molar-refractivity contribution in [2.45, 2.75) is 26.7 Å². The van der Waals surface area contributed by atoms with E-state index < -0.39 is 0 Å². The van der Waals surface area contributed by atoms with Crippen molar-refractivity contribution < 1.29 is 4.79 Å². The van der Waals surface area contributed by atoms with Crippen molar-refractivity contribution in [2.24, 2.45) is 5.73 Å². The lowest BCUT2D eigenvalue weighted by atomic mass is 10.3. The van der Waals surface area contributed by atoms with E-state index in [-0.39, 0.29) is 5.91 Å². The molecule has 0 bridgehead atoms. The molecule has 2 heterocycles. The standard InChI is InChI=1S/C13H17N3OS2/c1-8-5-6-10(18-8)12-9(2)19-13(16-12)15-11(17)4-3-7-14/h5-6H,3-4,7,14H2,1-2H3,(H,15,16,17). The number of thiophene rings is 1. The van der Waals surface area contributed by atoms with E-state index in [1.54, 1.807) is 11.3 Å². The number of hydrogen-bond donors (Lipinski definition) is 2. The number of nitrogens with zero attached hydrogens (tertiary/aromatic N) is 1. The number of amides is 1. The summed E-state index contributed by atoms with van der Waals surface area (Å²) >= 11 is 3.23. The van der Waals surface area contributed by atoms with Gasteiger partial charge >= 0.3 is 0 Å². The summed E-state index contributed by atoms with van der Waals surface area (Å²) in [4.78, 5) is 19.7. The van der Waals surface area contributed by atoms with Crippen molar-refractivity contribution in [3.05, 3.63) is 21.9 Å². The van der Waals surface area contributed by atoms with Gasteiger partial charge in [0.15, 0.2) is 5.13 Å². The summed E-state index contributed by atoms with van der Waals surface area (Å²) in [6.07, 6.45) is 1.15. The molecular weight excluding hydrogens is 278 g/mol. The molecule has 2 aromatic rings. The van der Waals surface area contributed by atoms with Gasteiger partial charge in [-0.15, -0.1) is 22.7 Å². The van der Waals surface area contributed by atoms with Gasteiger partial charge in [-0.1, -0.05) is 0 Å². The van der Waals surface area contributed by atoms with Crippen LogP contribution >= 0.6 is 22.7 Å². The van der Waals surface area contributed by atoms with E-state index in [1.807, 2.05) is 6.92 Å². The van der Waals surface area contributed by atoms with Crippen LogP contribution in [0.4, 0.5) is 5.13 Å². The number of rotatable bonds is 5. The summed E-state index contributed by atoms with van der Waals surface area (Å²) < 4.78 is 0. The number of nitrogens with one attached hydrogen (secondary N) is 1. The fourth-order valence-electron chi connectivity index (χ4n) is 1.68. The van der Waals surface area contributed by atoms with Gasteiger partial charge in [0.2, 0.25) is 5.91 Å². The van der Waals surface area contributed by atoms with E-state index in [0.717, 1.165) is 15.4 Å². The van der Waals surface area contributed by atoms with Crippen LogP contribution in [0.5, 0.6) is 0 Å². The number of aromatic nitrogens is 1. The quantitative estimate of drug-likeness (QED) is 0.890. The van der Waals surface area contributed by atoms with Crippen molar-refractivity contribution in [1.29, 1.82) is 0 Å². The van der Waals surface area contributed by atoms with E-state index in [4.69, 9.17) is 5.73 Å². The van der Waals surface area contributed by atoms with Crippen LogP contribution in [-0.2, 0) is 4.79 Å². The molecule has 0 aromatic carbocycles. The Balaban J connectivity index is 2.11. The summed E-state index contributed by atoms with van der Waals surface area (Å²) in [6, 6.07) is 4.15. The molecule has 2 aromatic heterocycles. The SMILES string of the molecule is Cc1ccc(-c2nc(NC(=O)CCCN)sc2C)s1. The number of anilines is 1. The monoisotopic (exact) mass is 295 g/mol. The van der Waals surface area contributed by atoms with E-state index >= 15 is 0 Å². The lowest BCUT2D eigenvalue weighted by molar-refractivity contribution is -0.116. The topological polar surface area (TPSA) is 68.0 Å². The minimum atomic E-state index is -0.0203. The first-order valence-corrected chi connectivity index (χ1v) is 7.77. The zero-order valence-electron chi connectivity index (χ0n) is 11.0. The highest BCUT2D eigenvalue weighted by Gasteiger charge is 2.13. The van der Waals surface area contributed by atoms with Crippen molar-refractivity contribution in [3.8, 4) is 10.6 Å². The van der Waals surface area contributed by atoms with Crippen molar-refractivity contribution in [1.82, 2.24) is 4.98 Å². The second kappa shape index (κ2) is 6.27. The van der Waals surface area contributed by atoms with Crippen LogP contribution in [0.1, 0.15) is 22.6 Å². The Morgan fingerprint density at radius 3 is 2.79 bits per heavy atom. The first-order chi connectivity index (χ1) is 9.10. The minimum Gasteiger partial charge on any atom is -0.330 e. The van der Waals surface area contributed by atoms with Crippen LogP contribution in [0.25, 0.3) is 10.6 Å². The maximum absolute atomic E-state index is 11.6. The van der Waals surface area contributed by atoms with Gasteiger partial charge in [0.1, 0.15) is 0 Å². The molecular formula is C13H17N3OS2. The molecule has 0 aliphatic rings. The van der Waals surface area contributed by atoms with Crippen LogP contribution in [0, 0.1) is 13.8 Å². The number of carbonyl (C=O) groups is 1. The fourth-order valence-corrected chi connectivity index (χ4v) is 3.51. The molecule has 19 heavy (non-hydrogen) atoms. The van der Waals surface area contributed by atoms with Gasteiger partial charge in [-0.05, 0) is 38.9 Å². The van der Waals surface area contributed by atoms with Gasteiger partial charge in [0, 0.05) is 16.2 Å². The summed E-state index contributed by atoms with van der Waals surface area (Å²) in [5.41, 5.74) is 6.35. The van der Waals surface area contributed by atoms with Crippen LogP contribution in [0.15, 0.2) is 12.1 Å². The van der Waals surface area contributed by atoms with Crippen molar-refractivity contribution >= 4 is 33.7 Å². The van der Waals surface area contributed by atoms with E-state index in [9.17, 15) is 4.79 Å². The Bertz CT molecular complexity index is 574. The Morgan fingerprint density at radius 1 is 1.37 bits per heavy atom. The number of carbonyl (C=O) groups excluding carboxylic acids is 1.